The van der Waals surface area contributed by atoms with Crippen LogP contribution in [-0.4, -0.2) is 29.9 Å². The topological polar surface area (TPSA) is 60.2 Å². The quantitative estimate of drug-likeness (QED) is 0.921. The average Bonchev–Trinajstić information content (AvgIpc) is 2.90. The van der Waals surface area contributed by atoms with Gasteiger partial charge in [-0.25, -0.2) is 0 Å². The number of hydrogen-bond acceptors (Lipinski definition) is 5. The molecule has 0 amide bonds. The van der Waals surface area contributed by atoms with Crippen LogP contribution in [0.15, 0.2) is 33.3 Å². The summed E-state index contributed by atoms with van der Waals surface area (Å²) in [6.45, 7) is 2.12. The standard InChI is InChI=1S/C12H12BrN3O2/c13-9-4-2-1-3-8(9)12-15-11(16-18-12)10-7-17-6-5-14-10/h1-4,10,14H,5-7H2. The van der Waals surface area contributed by atoms with Crippen LogP contribution in [0.1, 0.15) is 11.9 Å². The van der Waals surface area contributed by atoms with E-state index in [0.717, 1.165) is 23.2 Å². The predicted molar refractivity (Wildman–Crippen MR) is 69.0 cm³/mol. The molecule has 18 heavy (non-hydrogen) atoms. The van der Waals surface area contributed by atoms with Crippen molar-refractivity contribution in [1.29, 1.82) is 0 Å². The molecule has 0 spiro atoms. The highest BCUT2D eigenvalue weighted by atomic mass is 79.9. The molecule has 94 valence electrons. The third-order valence-corrected chi connectivity index (χ3v) is 3.47. The Morgan fingerprint density at radius 3 is 3.00 bits per heavy atom. The van der Waals surface area contributed by atoms with Crippen LogP contribution in [0, 0.1) is 0 Å². The van der Waals surface area contributed by atoms with Crippen LogP contribution in [0.25, 0.3) is 11.5 Å². The van der Waals surface area contributed by atoms with Gasteiger partial charge in [0.25, 0.3) is 5.89 Å². The third-order valence-electron chi connectivity index (χ3n) is 2.78. The summed E-state index contributed by atoms with van der Waals surface area (Å²) < 4.78 is 11.6. The molecule has 1 unspecified atom stereocenters. The van der Waals surface area contributed by atoms with Crippen molar-refractivity contribution < 1.29 is 9.26 Å². The first-order valence-corrected chi connectivity index (χ1v) is 6.53. The fourth-order valence-electron chi connectivity index (χ4n) is 1.85. The molecule has 0 radical (unpaired) electrons. The predicted octanol–water partition coefficient (Wildman–Crippen LogP) is 2.16. The number of hydrogen-bond donors (Lipinski definition) is 1. The number of morpholine rings is 1. The van der Waals surface area contributed by atoms with Crippen LogP contribution in [0.2, 0.25) is 0 Å². The van der Waals surface area contributed by atoms with Gasteiger partial charge in [0.2, 0.25) is 0 Å². The highest BCUT2D eigenvalue weighted by Gasteiger charge is 2.21. The first-order chi connectivity index (χ1) is 8.84. The van der Waals surface area contributed by atoms with Gasteiger partial charge in [0.05, 0.1) is 24.8 Å². The summed E-state index contributed by atoms with van der Waals surface area (Å²) in [4.78, 5) is 4.41. The molecule has 1 N–H and O–H groups in total. The third kappa shape index (κ3) is 2.31. The van der Waals surface area contributed by atoms with Gasteiger partial charge in [-0.05, 0) is 28.1 Å². The van der Waals surface area contributed by atoms with Crippen molar-refractivity contribution in [3.8, 4) is 11.5 Å². The monoisotopic (exact) mass is 309 g/mol. The SMILES string of the molecule is Brc1ccccc1-c1nc(C2COCCN2)no1. The maximum atomic E-state index is 5.38. The second-order valence-corrected chi connectivity index (χ2v) is 4.87. The van der Waals surface area contributed by atoms with E-state index in [-0.39, 0.29) is 6.04 Å². The Balaban J connectivity index is 1.87. The Morgan fingerprint density at radius 1 is 1.33 bits per heavy atom. The average molecular weight is 310 g/mol. The molecule has 2 heterocycles. The van der Waals surface area contributed by atoms with E-state index in [4.69, 9.17) is 9.26 Å². The summed E-state index contributed by atoms with van der Waals surface area (Å²) in [5, 5.41) is 7.30. The highest BCUT2D eigenvalue weighted by molar-refractivity contribution is 9.10. The molecule has 1 fully saturated rings. The van der Waals surface area contributed by atoms with Crippen molar-refractivity contribution in [2.45, 2.75) is 6.04 Å². The van der Waals surface area contributed by atoms with Crippen LogP contribution in [0.4, 0.5) is 0 Å². The maximum Gasteiger partial charge on any atom is 0.259 e. The van der Waals surface area contributed by atoms with Crippen LogP contribution < -0.4 is 5.32 Å². The number of benzene rings is 1. The summed E-state index contributed by atoms with van der Waals surface area (Å²) in [6.07, 6.45) is 0. The number of ether oxygens (including phenoxy) is 1. The van der Waals surface area contributed by atoms with Crippen molar-refractivity contribution in [1.82, 2.24) is 15.5 Å². The number of rotatable bonds is 2. The van der Waals surface area contributed by atoms with Crippen LogP contribution >= 0.6 is 15.9 Å². The minimum atomic E-state index is 0.0127. The number of nitrogens with zero attached hydrogens (tertiary/aromatic N) is 2. The van der Waals surface area contributed by atoms with Gasteiger partial charge < -0.3 is 14.6 Å². The van der Waals surface area contributed by atoms with E-state index < -0.39 is 0 Å². The molecule has 3 rings (SSSR count). The summed E-state index contributed by atoms with van der Waals surface area (Å²) in [5.74, 6) is 1.16. The summed E-state index contributed by atoms with van der Waals surface area (Å²) in [7, 11) is 0. The molecular weight excluding hydrogens is 298 g/mol. The van der Waals surface area contributed by atoms with E-state index in [2.05, 4.69) is 31.4 Å². The number of halogens is 1. The maximum absolute atomic E-state index is 5.38. The van der Waals surface area contributed by atoms with E-state index in [9.17, 15) is 0 Å². The van der Waals surface area contributed by atoms with Crippen molar-refractivity contribution >= 4 is 15.9 Å². The largest absolute Gasteiger partial charge is 0.378 e. The molecule has 1 atom stereocenters. The zero-order chi connectivity index (χ0) is 12.4. The Bertz CT molecular complexity index is 538. The molecule has 1 aromatic carbocycles. The summed E-state index contributed by atoms with van der Waals surface area (Å²) >= 11 is 3.47. The summed E-state index contributed by atoms with van der Waals surface area (Å²) in [6, 6.07) is 7.78. The van der Waals surface area contributed by atoms with E-state index in [0.29, 0.717) is 18.3 Å². The zero-order valence-electron chi connectivity index (χ0n) is 9.60. The van der Waals surface area contributed by atoms with Crippen molar-refractivity contribution in [2.75, 3.05) is 19.8 Å². The Labute approximate surface area is 113 Å². The second-order valence-electron chi connectivity index (χ2n) is 4.02. The van der Waals surface area contributed by atoms with Crippen LogP contribution in [-0.2, 0) is 4.74 Å². The van der Waals surface area contributed by atoms with Crippen molar-refractivity contribution in [3.63, 3.8) is 0 Å². The smallest absolute Gasteiger partial charge is 0.259 e. The van der Waals surface area contributed by atoms with Crippen LogP contribution in [0.5, 0.6) is 0 Å². The second kappa shape index (κ2) is 5.17. The molecule has 0 aliphatic carbocycles. The van der Waals surface area contributed by atoms with E-state index in [1.165, 1.54) is 0 Å². The van der Waals surface area contributed by atoms with Gasteiger partial charge in [-0.2, -0.15) is 4.98 Å². The molecule has 5 nitrogen and oxygen atoms in total. The van der Waals surface area contributed by atoms with Gasteiger partial charge in [-0.1, -0.05) is 17.3 Å². The Morgan fingerprint density at radius 2 is 2.22 bits per heavy atom. The Kier molecular flexibility index (Phi) is 3.40. The molecule has 1 saturated heterocycles. The normalized spacial score (nSPS) is 19.9. The molecule has 6 heteroatoms. The van der Waals surface area contributed by atoms with Gasteiger partial charge in [0.15, 0.2) is 5.82 Å². The lowest BCUT2D eigenvalue weighted by atomic mass is 10.2. The van der Waals surface area contributed by atoms with Gasteiger partial charge in [-0.15, -0.1) is 0 Å². The van der Waals surface area contributed by atoms with E-state index in [1.807, 2.05) is 24.3 Å². The first kappa shape index (κ1) is 11.8. The fraction of sp³-hybridized carbons (Fsp3) is 0.333. The fourth-order valence-corrected chi connectivity index (χ4v) is 2.31. The Hall–Kier alpha value is -1.24. The molecule has 2 aromatic rings. The minimum Gasteiger partial charge on any atom is -0.378 e. The van der Waals surface area contributed by atoms with Gasteiger partial charge >= 0.3 is 0 Å². The molecular formula is C12H12BrN3O2. The van der Waals surface area contributed by atoms with E-state index >= 15 is 0 Å². The van der Waals surface area contributed by atoms with E-state index in [1.54, 1.807) is 0 Å². The molecule has 1 aliphatic heterocycles. The highest BCUT2D eigenvalue weighted by Crippen LogP contribution is 2.27. The first-order valence-electron chi connectivity index (χ1n) is 5.74. The van der Waals surface area contributed by atoms with Crippen LogP contribution in [0.3, 0.4) is 0 Å². The minimum absolute atomic E-state index is 0.0127. The molecule has 1 aromatic heterocycles. The molecule has 1 aliphatic rings. The zero-order valence-corrected chi connectivity index (χ0v) is 11.2. The lowest BCUT2D eigenvalue weighted by molar-refractivity contribution is 0.0734. The van der Waals surface area contributed by atoms with Crippen molar-refractivity contribution in [2.24, 2.45) is 0 Å². The lowest BCUT2D eigenvalue weighted by Gasteiger charge is -2.20. The summed E-state index contributed by atoms with van der Waals surface area (Å²) in [5.41, 5.74) is 0.896. The van der Waals surface area contributed by atoms with Gasteiger partial charge in [-0.3, -0.25) is 0 Å². The molecule has 0 bridgehead atoms. The lowest BCUT2D eigenvalue weighted by Crippen LogP contribution is -2.35. The molecule has 0 saturated carbocycles. The number of aromatic nitrogens is 2. The van der Waals surface area contributed by atoms with Gasteiger partial charge in [0.1, 0.15) is 0 Å². The van der Waals surface area contributed by atoms with Gasteiger partial charge in [0, 0.05) is 11.0 Å². The number of nitrogens with one attached hydrogen (secondary N) is 1. The van der Waals surface area contributed by atoms with Crippen molar-refractivity contribution in [3.05, 3.63) is 34.6 Å².